The molecule has 0 aromatic heterocycles. The number of hydrogen-bond donors (Lipinski definition) is 1. The predicted molar refractivity (Wildman–Crippen MR) is 90.9 cm³/mol. The zero-order valence-corrected chi connectivity index (χ0v) is 15.5. The third-order valence-corrected chi connectivity index (χ3v) is 3.53. The number of likely N-dealkylation sites (N-methyl/N-ethyl adjacent to an activating group) is 1. The topological polar surface area (TPSA) is 86.7 Å². The molecule has 0 aromatic carbocycles. The van der Waals surface area contributed by atoms with Gasteiger partial charge in [-0.3, -0.25) is 0 Å². The molecule has 0 fully saturated rings. The standard InChI is InChI=1S/C18H33NO5/c1-5-6-7-8-9-10-11-12-16(20)18(23)24-15(13-17(21)22)14-19(2,3)4/h5-6,15-16,20H,7-14H2,1-4H3/b6-5+. The first-order valence-electron chi connectivity index (χ1n) is 8.65. The number of carboxylic acids is 1. The van der Waals surface area contributed by atoms with E-state index < -0.39 is 24.1 Å². The van der Waals surface area contributed by atoms with Crippen molar-refractivity contribution in [3.05, 3.63) is 12.2 Å². The van der Waals surface area contributed by atoms with Crippen molar-refractivity contribution in [2.24, 2.45) is 0 Å². The van der Waals surface area contributed by atoms with Crippen LogP contribution in [0.4, 0.5) is 0 Å². The number of quaternary nitrogens is 1. The number of aliphatic hydroxyl groups excluding tert-OH is 1. The number of hydrogen-bond acceptors (Lipinski definition) is 5. The first kappa shape index (κ1) is 22.6. The van der Waals surface area contributed by atoms with Gasteiger partial charge in [0.15, 0.2) is 12.2 Å². The van der Waals surface area contributed by atoms with Crippen molar-refractivity contribution < 1.29 is 29.0 Å². The molecule has 0 rings (SSSR count). The van der Waals surface area contributed by atoms with Crippen LogP contribution in [-0.4, -0.2) is 61.4 Å². The maximum Gasteiger partial charge on any atom is 0.335 e. The molecule has 0 saturated carbocycles. The molecule has 6 heteroatoms. The van der Waals surface area contributed by atoms with Gasteiger partial charge < -0.3 is 24.2 Å². The third kappa shape index (κ3) is 13.1. The van der Waals surface area contributed by atoms with E-state index in [4.69, 9.17) is 4.74 Å². The fraction of sp³-hybridized carbons (Fsp3) is 0.778. The van der Waals surface area contributed by atoms with E-state index in [0.717, 1.165) is 32.1 Å². The van der Waals surface area contributed by atoms with E-state index in [0.29, 0.717) is 17.4 Å². The van der Waals surface area contributed by atoms with Crippen LogP contribution in [0.15, 0.2) is 12.2 Å². The summed E-state index contributed by atoms with van der Waals surface area (Å²) in [5.41, 5.74) is 0. The van der Waals surface area contributed by atoms with Crippen LogP contribution >= 0.6 is 0 Å². The SMILES string of the molecule is C/C=C/CCCCCCC(O)C(=O)OC(CC(=O)[O-])C[N+](C)(C)C. The molecule has 2 atom stereocenters. The van der Waals surface area contributed by atoms with Gasteiger partial charge in [-0.05, 0) is 26.2 Å². The van der Waals surface area contributed by atoms with Gasteiger partial charge >= 0.3 is 5.97 Å². The molecule has 0 bridgehead atoms. The molecule has 0 radical (unpaired) electrons. The number of esters is 1. The summed E-state index contributed by atoms with van der Waals surface area (Å²) in [6.45, 7) is 2.34. The van der Waals surface area contributed by atoms with Crippen molar-refractivity contribution in [1.29, 1.82) is 0 Å². The summed E-state index contributed by atoms with van der Waals surface area (Å²) in [5.74, 6) is -2.01. The monoisotopic (exact) mass is 343 g/mol. The largest absolute Gasteiger partial charge is 0.550 e. The van der Waals surface area contributed by atoms with Crippen LogP contribution in [0.25, 0.3) is 0 Å². The van der Waals surface area contributed by atoms with E-state index in [1.165, 1.54) is 0 Å². The molecular weight excluding hydrogens is 310 g/mol. The van der Waals surface area contributed by atoms with E-state index in [2.05, 4.69) is 6.08 Å². The van der Waals surface area contributed by atoms with Crippen molar-refractivity contribution in [1.82, 2.24) is 0 Å². The minimum atomic E-state index is -1.27. The Morgan fingerprint density at radius 1 is 1.17 bits per heavy atom. The summed E-state index contributed by atoms with van der Waals surface area (Å²) in [7, 11) is 5.63. The number of aliphatic hydroxyl groups is 1. The van der Waals surface area contributed by atoms with Crippen LogP contribution in [0, 0.1) is 0 Å². The van der Waals surface area contributed by atoms with E-state index >= 15 is 0 Å². The quantitative estimate of drug-likeness (QED) is 0.233. The maximum absolute atomic E-state index is 11.9. The van der Waals surface area contributed by atoms with Gasteiger partial charge in [0, 0.05) is 12.4 Å². The number of ether oxygens (including phenoxy) is 1. The number of carbonyl (C=O) groups excluding carboxylic acids is 2. The highest BCUT2D eigenvalue weighted by Gasteiger charge is 2.25. The highest BCUT2D eigenvalue weighted by Crippen LogP contribution is 2.11. The second-order valence-electron chi connectivity index (χ2n) is 7.18. The smallest absolute Gasteiger partial charge is 0.335 e. The molecule has 1 N–H and O–H groups in total. The maximum atomic E-state index is 11.9. The van der Waals surface area contributed by atoms with Crippen LogP contribution in [0.3, 0.4) is 0 Å². The number of allylic oxidation sites excluding steroid dienone is 2. The third-order valence-electron chi connectivity index (χ3n) is 3.53. The molecule has 6 nitrogen and oxygen atoms in total. The second-order valence-corrected chi connectivity index (χ2v) is 7.18. The molecular formula is C18H33NO5. The summed E-state index contributed by atoms with van der Waals surface area (Å²) in [6.07, 6.45) is 7.03. The highest BCUT2D eigenvalue weighted by molar-refractivity contribution is 5.75. The van der Waals surface area contributed by atoms with Gasteiger partial charge in [0.2, 0.25) is 0 Å². The lowest BCUT2D eigenvalue weighted by molar-refractivity contribution is -0.873. The molecule has 0 spiro atoms. The normalized spacial score (nSPS) is 14.5. The zero-order valence-electron chi connectivity index (χ0n) is 15.5. The Hall–Kier alpha value is -1.40. The Labute approximate surface area is 145 Å². The summed E-state index contributed by atoms with van der Waals surface area (Å²) in [5, 5.41) is 20.7. The van der Waals surface area contributed by atoms with Gasteiger partial charge in [0.05, 0.1) is 21.1 Å². The number of rotatable bonds is 13. The van der Waals surface area contributed by atoms with Gasteiger partial charge in [0.25, 0.3) is 0 Å². The molecule has 0 aliphatic carbocycles. The number of aliphatic carboxylic acids is 1. The molecule has 0 aromatic rings. The molecule has 0 saturated heterocycles. The lowest BCUT2D eigenvalue weighted by atomic mass is 10.1. The summed E-state index contributed by atoms with van der Waals surface area (Å²) >= 11 is 0. The van der Waals surface area contributed by atoms with Crippen molar-refractivity contribution in [3.63, 3.8) is 0 Å². The van der Waals surface area contributed by atoms with Crippen molar-refractivity contribution >= 4 is 11.9 Å². The Kier molecular flexibility index (Phi) is 11.3. The molecule has 0 aliphatic rings. The first-order valence-corrected chi connectivity index (χ1v) is 8.65. The Morgan fingerprint density at radius 2 is 1.79 bits per heavy atom. The lowest BCUT2D eigenvalue weighted by Gasteiger charge is -2.29. The Morgan fingerprint density at radius 3 is 2.33 bits per heavy atom. The van der Waals surface area contributed by atoms with Crippen molar-refractivity contribution in [2.45, 2.75) is 64.1 Å². The number of carbonyl (C=O) groups is 2. The van der Waals surface area contributed by atoms with Gasteiger partial charge in [-0.2, -0.15) is 0 Å². The molecule has 140 valence electrons. The van der Waals surface area contributed by atoms with Crippen LogP contribution in [0.5, 0.6) is 0 Å². The Balaban J connectivity index is 4.16. The zero-order chi connectivity index (χ0) is 18.6. The fourth-order valence-electron chi connectivity index (χ4n) is 2.42. The van der Waals surface area contributed by atoms with Crippen LogP contribution in [-0.2, 0) is 14.3 Å². The summed E-state index contributed by atoms with van der Waals surface area (Å²) in [4.78, 5) is 22.7. The fourth-order valence-corrected chi connectivity index (χ4v) is 2.42. The van der Waals surface area contributed by atoms with E-state index in [1.807, 2.05) is 34.1 Å². The second kappa shape index (κ2) is 12.0. The summed E-state index contributed by atoms with van der Waals surface area (Å²) in [6, 6.07) is 0. The lowest BCUT2D eigenvalue weighted by Crippen LogP contribution is -2.46. The van der Waals surface area contributed by atoms with Gasteiger partial charge in [-0.25, -0.2) is 4.79 Å². The number of unbranched alkanes of at least 4 members (excludes halogenated alkanes) is 4. The average molecular weight is 343 g/mol. The number of nitrogens with zero attached hydrogens (tertiary/aromatic N) is 1. The van der Waals surface area contributed by atoms with Crippen molar-refractivity contribution in [3.8, 4) is 0 Å². The molecule has 24 heavy (non-hydrogen) atoms. The predicted octanol–water partition coefficient (Wildman–Crippen LogP) is 1.02. The van der Waals surface area contributed by atoms with E-state index in [-0.39, 0.29) is 6.42 Å². The van der Waals surface area contributed by atoms with E-state index in [1.54, 1.807) is 0 Å². The molecule has 0 amide bonds. The number of carboxylic acid groups (broad SMARTS) is 1. The minimum absolute atomic E-state index is 0.338. The summed E-state index contributed by atoms with van der Waals surface area (Å²) < 4.78 is 5.63. The van der Waals surface area contributed by atoms with E-state index in [9.17, 15) is 19.8 Å². The van der Waals surface area contributed by atoms with Crippen molar-refractivity contribution in [2.75, 3.05) is 27.7 Å². The minimum Gasteiger partial charge on any atom is -0.550 e. The first-order chi connectivity index (χ1) is 11.2. The van der Waals surface area contributed by atoms with Gasteiger partial charge in [-0.1, -0.05) is 31.4 Å². The Bertz CT molecular complexity index is 401. The molecule has 0 heterocycles. The molecule has 2 unspecified atom stereocenters. The van der Waals surface area contributed by atoms with Crippen LogP contribution in [0.2, 0.25) is 0 Å². The highest BCUT2D eigenvalue weighted by atomic mass is 16.6. The van der Waals surface area contributed by atoms with Crippen LogP contribution in [0.1, 0.15) is 51.9 Å². The van der Waals surface area contributed by atoms with Crippen LogP contribution < -0.4 is 5.11 Å². The van der Waals surface area contributed by atoms with Gasteiger partial charge in [0.1, 0.15) is 6.54 Å². The van der Waals surface area contributed by atoms with Gasteiger partial charge in [-0.15, -0.1) is 0 Å². The average Bonchev–Trinajstić information content (AvgIpc) is 2.43. The molecule has 0 aliphatic heterocycles.